The van der Waals surface area contributed by atoms with Gasteiger partial charge in [-0.05, 0) is 20.3 Å². The number of carbonyl (C=O) groups is 1. The minimum Gasteiger partial charge on any atom is -0.450 e. The molecule has 3 nitrogen and oxygen atoms in total. The smallest absolute Gasteiger partial charge is 0.423 e. The molecule has 0 aromatic carbocycles. The van der Waals surface area contributed by atoms with Gasteiger partial charge in [-0.1, -0.05) is 6.92 Å². The Bertz CT molecular complexity index is 368. The molecule has 0 N–H and O–H groups in total. The van der Waals surface area contributed by atoms with Gasteiger partial charge >= 0.3 is 18.1 Å². The molecule has 19 heavy (non-hydrogen) atoms. The van der Waals surface area contributed by atoms with Gasteiger partial charge in [-0.2, -0.15) is 22.0 Å². The van der Waals surface area contributed by atoms with Crippen LogP contribution in [0.5, 0.6) is 0 Å². The highest BCUT2D eigenvalue weighted by molar-refractivity contribution is 5.70. The van der Waals surface area contributed by atoms with Gasteiger partial charge in [0, 0.05) is 6.42 Å². The molecule has 2 atom stereocenters. The fourth-order valence-corrected chi connectivity index (χ4v) is 1.83. The van der Waals surface area contributed by atoms with Crippen molar-refractivity contribution >= 4 is 5.97 Å². The molecular weight excluding hydrogens is 275 g/mol. The summed E-state index contributed by atoms with van der Waals surface area (Å²) in [5.74, 6) is -5.35. The molecule has 1 fully saturated rings. The fraction of sp³-hybridized carbons (Fsp3) is 0.909. The van der Waals surface area contributed by atoms with E-state index in [0.717, 1.165) is 6.92 Å². The molecule has 1 saturated heterocycles. The molecule has 0 radical (unpaired) electrons. The number of rotatable bonds is 3. The summed E-state index contributed by atoms with van der Waals surface area (Å²) in [6.45, 7) is 1.61. The number of halogens is 5. The number of carbonyl (C=O) groups excluding carboxylic acids is 1. The monoisotopic (exact) mass is 290 g/mol. The molecule has 0 bridgehead atoms. The maximum Gasteiger partial charge on any atom is 0.423 e. The molecule has 2 unspecified atom stereocenters. The van der Waals surface area contributed by atoms with Crippen LogP contribution in [0.3, 0.4) is 0 Å². The van der Waals surface area contributed by atoms with Crippen LogP contribution in [-0.4, -0.2) is 35.9 Å². The second-order valence-electron chi connectivity index (χ2n) is 4.85. The van der Waals surface area contributed by atoms with Crippen molar-refractivity contribution in [2.75, 3.05) is 6.61 Å². The molecule has 1 aliphatic heterocycles. The lowest BCUT2D eigenvalue weighted by Crippen LogP contribution is -2.61. The third-order valence-corrected chi connectivity index (χ3v) is 3.23. The molecule has 8 heteroatoms. The molecule has 1 heterocycles. The van der Waals surface area contributed by atoms with Crippen molar-refractivity contribution in [3.63, 3.8) is 0 Å². The molecule has 1 aliphatic rings. The van der Waals surface area contributed by atoms with Gasteiger partial charge in [0.1, 0.15) is 0 Å². The predicted octanol–water partition coefficient (Wildman–Crippen LogP) is 3.07. The summed E-state index contributed by atoms with van der Waals surface area (Å²) >= 11 is 0. The maximum absolute atomic E-state index is 14.0. The lowest BCUT2D eigenvalue weighted by Gasteiger charge is -2.37. The number of ether oxygens (including phenoxy) is 2. The van der Waals surface area contributed by atoms with Crippen molar-refractivity contribution < 1.29 is 36.2 Å². The van der Waals surface area contributed by atoms with E-state index in [-0.39, 0.29) is 13.3 Å². The highest BCUT2D eigenvalue weighted by atomic mass is 19.4. The lowest BCUT2D eigenvalue weighted by molar-refractivity contribution is -0.320. The second-order valence-corrected chi connectivity index (χ2v) is 4.85. The summed E-state index contributed by atoms with van der Waals surface area (Å²) in [6.07, 6.45) is -5.07. The van der Waals surface area contributed by atoms with Gasteiger partial charge in [-0.3, -0.25) is 4.79 Å². The van der Waals surface area contributed by atoms with E-state index in [1.165, 1.54) is 0 Å². The van der Waals surface area contributed by atoms with Gasteiger partial charge in [0.2, 0.25) is 5.60 Å². The van der Waals surface area contributed by atoms with Crippen LogP contribution >= 0.6 is 0 Å². The minimum atomic E-state index is -5.27. The number of esters is 1. The van der Waals surface area contributed by atoms with Crippen molar-refractivity contribution in [2.24, 2.45) is 0 Å². The Hall–Kier alpha value is -0.920. The normalized spacial score (nSPS) is 34.3. The van der Waals surface area contributed by atoms with Crippen LogP contribution in [-0.2, 0) is 14.3 Å². The van der Waals surface area contributed by atoms with E-state index in [4.69, 9.17) is 0 Å². The van der Waals surface area contributed by atoms with Crippen molar-refractivity contribution in [3.05, 3.63) is 0 Å². The van der Waals surface area contributed by atoms with E-state index < -0.39 is 35.9 Å². The molecule has 1 rings (SSSR count). The SMILES string of the molecule is CCCC(=O)OC1(C)COC(C)(C(F)(F)F)C1(F)F. The average Bonchev–Trinajstić information content (AvgIpc) is 2.40. The van der Waals surface area contributed by atoms with Crippen LogP contribution in [0.25, 0.3) is 0 Å². The van der Waals surface area contributed by atoms with E-state index >= 15 is 0 Å². The largest absolute Gasteiger partial charge is 0.450 e. The number of alkyl halides is 5. The highest BCUT2D eigenvalue weighted by Gasteiger charge is 2.80. The Labute approximate surface area is 107 Å². The quantitative estimate of drug-likeness (QED) is 0.592. The average molecular weight is 290 g/mol. The summed E-state index contributed by atoms with van der Waals surface area (Å²) in [6, 6.07) is 0. The van der Waals surface area contributed by atoms with Gasteiger partial charge < -0.3 is 9.47 Å². The van der Waals surface area contributed by atoms with Crippen molar-refractivity contribution in [3.8, 4) is 0 Å². The van der Waals surface area contributed by atoms with E-state index in [9.17, 15) is 26.7 Å². The molecule has 112 valence electrons. The Balaban J connectivity index is 3.05. The van der Waals surface area contributed by atoms with Crippen LogP contribution in [0.1, 0.15) is 33.6 Å². The van der Waals surface area contributed by atoms with Gasteiger partial charge in [-0.25, -0.2) is 0 Å². The van der Waals surface area contributed by atoms with E-state index in [0.29, 0.717) is 6.42 Å². The van der Waals surface area contributed by atoms with Gasteiger partial charge in [-0.15, -0.1) is 0 Å². The minimum absolute atomic E-state index is 0.144. The summed E-state index contributed by atoms with van der Waals surface area (Å²) in [4.78, 5) is 11.3. The van der Waals surface area contributed by atoms with Crippen LogP contribution in [0.15, 0.2) is 0 Å². The van der Waals surface area contributed by atoms with Gasteiger partial charge in [0.15, 0.2) is 5.60 Å². The Morgan fingerprint density at radius 1 is 1.32 bits per heavy atom. The summed E-state index contributed by atoms with van der Waals surface area (Å²) < 4.78 is 75.0. The molecular formula is C11H15F5O3. The van der Waals surface area contributed by atoms with Crippen molar-refractivity contribution in [1.82, 2.24) is 0 Å². The molecule has 0 aromatic rings. The molecule has 0 aromatic heterocycles. The zero-order valence-corrected chi connectivity index (χ0v) is 10.7. The second kappa shape index (κ2) is 4.57. The topological polar surface area (TPSA) is 35.5 Å². The van der Waals surface area contributed by atoms with Crippen LogP contribution in [0, 0.1) is 0 Å². The first-order valence-corrected chi connectivity index (χ1v) is 5.71. The first-order valence-electron chi connectivity index (χ1n) is 5.71. The Morgan fingerprint density at radius 2 is 1.84 bits per heavy atom. The molecule has 0 amide bonds. The van der Waals surface area contributed by atoms with E-state index in [1.807, 2.05) is 0 Å². The zero-order chi connectivity index (χ0) is 15.1. The first-order chi connectivity index (χ1) is 8.41. The molecule has 0 saturated carbocycles. The van der Waals surface area contributed by atoms with E-state index in [2.05, 4.69) is 9.47 Å². The van der Waals surface area contributed by atoms with Crippen LogP contribution in [0.2, 0.25) is 0 Å². The van der Waals surface area contributed by atoms with E-state index in [1.54, 1.807) is 6.92 Å². The predicted molar refractivity (Wildman–Crippen MR) is 54.8 cm³/mol. The van der Waals surface area contributed by atoms with Crippen molar-refractivity contribution in [2.45, 2.75) is 56.9 Å². The van der Waals surface area contributed by atoms with Crippen molar-refractivity contribution in [1.29, 1.82) is 0 Å². The number of hydrogen-bond acceptors (Lipinski definition) is 3. The number of hydrogen-bond donors (Lipinski definition) is 0. The molecule has 0 spiro atoms. The maximum atomic E-state index is 14.0. The first kappa shape index (κ1) is 16.1. The summed E-state index contributed by atoms with van der Waals surface area (Å²) in [5, 5.41) is 0. The fourth-order valence-electron chi connectivity index (χ4n) is 1.83. The van der Waals surface area contributed by atoms with Gasteiger partial charge in [0.25, 0.3) is 0 Å². The third kappa shape index (κ3) is 2.30. The van der Waals surface area contributed by atoms with Gasteiger partial charge in [0.05, 0.1) is 6.61 Å². The Morgan fingerprint density at radius 3 is 2.21 bits per heavy atom. The lowest BCUT2D eigenvalue weighted by atomic mass is 9.87. The standard InChI is InChI=1S/C11H15F5O3/c1-4-5-7(17)19-8(2)6-18-9(3,10(8,12)13)11(14,15)16/h4-6H2,1-3H3. The van der Waals surface area contributed by atoms with Crippen LogP contribution < -0.4 is 0 Å². The van der Waals surface area contributed by atoms with Crippen LogP contribution in [0.4, 0.5) is 22.0 Å². The zero-order valence-electron chi connectivity index (χ0n) is 10.7. The summed E-state index contributed by atoms with van der Waals surface area (Å²) in [7, 11) is 0. The highest BCUT2D eigenvalue weighted by Crippen LogP contribution is 2.55. The molecule has 0 aliphatic carbocycles. The third-order valence-electron chi connectivity index (χ3n) is 3.23. The Kier molecular flexibility index (Phi) is 3.88. The summed E-state index contributed by atoms with van der Waals surface area (Å²) in [5.41, 5.74) is -6.29.